The molecule has 0 unspecified atom stereocenters. The van der Waals surface area contributed by atoms with Gasteiger partial charge in [-0.2, -0.15) is 0 Å². The van der Waals surface area contributed by atoms with E-state index in [1.54, 1.807) is 19.8 Å². The van der Waals surface area contributed by atoms with Gasteiger partial charge in [0.1, 0.15) is 12.2 Å². The first kappa shape index (κ1) is 37.1. The fourth-order valence-corrected chi connectivity index (χ4v) is 13.6. The molecule has 3 heterocycles. The minimum absolute atomic E-state index is 0.0256. The lowest BCUT2D eigenvalue weighted by Crippen LogP contribution is -2.60. The lowest BCUT2D eigenvalue weighted by molar-refractivity contribution is -0.252. The number of aliphatic hydroxyl groups excluding tert-OH is 1. The van der Waals surface area contributed by atoms with Crippen LogP contribution in [0.5, 0.6) is 0 Å². The molecule has 3 aliphatic heterocycles. The number of carbonyl (C=O) groups is 1. The van der Waals surface area contributed by atoms with Crippen molar-refractivity contribution in [1.29, 1.82) is 0 Å². The number of carbonyl (C=O) groups excluding carboxylic acids is 1. The molecule has 11 atom stereocenters. The Hall–Kier alpha value is -0.810. The third kappa shape index (κ3) is 5.34. The van der Waals surface area contributed by atoms with Gasteiger partial charge in [-0.1, -0.05) is 48.5 Å². The molecule has 2 spiro atoms. The van der Waals surface area contributed by atoms with Crippen molar-refractivity contribution in [2.75, 3.05) is 32.9 Å². The maximum absolute atomic E-state index is 12.9. The van der Waals surface area contributed by atoms with Crippen molar-refractivity contribution < 1.29 is 38.7 Å². The highest BCUT2D eigenvalue weighted by Gasteiger charge is 2.85. The third-order valence-electron chi connectivity index (χ3n) is 16.3. The summed E-state index contributed by atoms with van der Waals surface area (Å²) < 4.78 is 31.3. The van der Waals surface area contributed by atoms with Gasteiger partial charge in [-0.05, 0) is 111 Å². The average Bonchev–Trinajstić information content (AvgIpc) is 3.64. The number of hydrogen-bond donors (Lipinski definition) is 2. The van der Waals surface area contributed by atoms with Crippen molar-refractivity contribution in [1.82, 2.24) is 4.90 Å². The number of nitrogens with zero attached hydrogens (tertiary/aromatic N) is 1. The maximum atomic E-state index is 12.9. The Labute approximate surface area is 307 Å². The zero-order chi connectivity index (χ0) is 36.5. The minimum atomic E-state index is -1.32. The normalized spacial score (nSPS) is 46.7. The van der Waals surface area contributed by atoms with Crippen LogP contribution in [0, 0.1) is 68.9 Å². The van der Waals surface area contributed by atoms with Gasteiger partial charge in [-0.25, -0.2) is 0 Å². The number of fused-ring (bicyclic) bond motifs is 4. The summed E-state index contributed by atoms with van der Waals surface area (Å²) in [5.74, 6) is 2.25. The molecule has 287 valence electrons. The van der Waals surface area contributed by atoms with Gasteiger partial charge in [0.05, 0.1) is 50.2 Å². The predicted molar refractivity (Wildman–Crippen MR) is 191 cm³/mol. The molecular weight excluding hydrogens is 646 g/mol. The zero-order valence-electron chi connectivity index (χ0n) is 32.9. The number of morpholine rings is 1. The van der Waals surface area contributed by atoms with Crippen LogP contribution in [-0.2, 0) is 28.5 Å². The van der Waals surface area contributed by atoms with E-state index in [0.717, 1.165) is 58.1 Å². The largest absolute Gasteiger partial charge is 0.456 e. The van der Waals surface area contributed by atoms with Crippen LogP contribution in [-0.4, -0.2) is 90.2 Å². The Morgan fingerprint density at radius 1 is 1.10 bits per heavy atom. The van der Waals surface area contributed by atoms with Gasteiger partial charge in [0.2, 0.25) is 0 Å². The van der Waals surface area contributed by atoms with Gasteiger partial charge >= 0.3 is 5.97 Å². The van der Waals surface area contributed by atoms with Crippen molar-refractivity contribution in [3.05, 3.63) is 18.1 Å². The molecule has 8 rings (SSSR count). The summed E-state index contributed by atoms with van der Waals surface area (Å²) in [7, 11) is 0. The summed E-state index contributed by atoms with van der Waals surface area (Å²) in [5, 5.41) is 23.9. The van der Waals surface area contributed by atoms with Gasteiger partial charge in [0.15, 0.2) is 12.4 Å². The van der Waals surface area contributed by atoms with Crippen LogP contribution in [0.4, 0.5) is 0 Å². The van der Waals surface area contributed by atoms with Gasteiger partial charge < -0.3 is 33.9 Å². The van der Waals surface area contributed by atoms with E-state index < -0.39 is 23.2 Å². The maximum Gasteiger partial charge on any atom is 0.306 e. The molecule has 0 bridgehead atoms. The molecule has 9 nitrogen and oxygen atoms in total. The topological polar surface area (TPSA) is 107 Å². The SMILES string of the molecule is CC(C)CC(=O)O[C@@H]([C]1C[C@@H](C)[C@H]2[C](O1)[C@H](O)[C@@]1(C)[C]3CC[C@H]4C(C)(C)[C@@H](O[C@H]5CN(C6COC6)CCO5)CC[C@@]45C[C@@]35CC[C@]21C)C(C)(C)O. The van der Waals surface area contributed by atoms with Gasteiger partial charge in [-0.15, -0.1) is 0 Å². The van der Waals surface area contributed by atoms with E-state index in [1.807, 2.05) is 13.8 Å². The molecule has 5 saturated carbocycles. The molecule has 8 aliphatic rings. The van der Waals surface area contributed by atoms with Gasteiger partial charge in [0, 0.05) is 24.3 Å². The van der Waals surface area contributed by atoms with E-state index in [1.165, 1.54) is 19.3 Å². The van der Waals surface area contributed by atoms with E-state index in [0.29, 0.717) is 31.1 Å². The first-order chi connectivity index (χ1) is 23.9. The van der Waals surface area contributed by atoms with Crippen molar-refractivity contribution in [2.24, 2.45) is 50.7 Å². The summed E-state index contributed by atoms with van der Waals surface area (Å²) in [6.07, 6.45) is 8.35. The molecule has 51 heavy (non-hydrogen) atoms. The van der Waals surface area contributed by atoms with Crippen molar-refractivity contribution in [3.63, 3.8) is 0 Å². The molecule has 0 aromatic heterocycles. The summed E-state index contributed by atoms with van der Waals surface area (Å²) in [6, 6.07) is 0.501. The lowest BCUT2D eigenvalue weighted by Gasteiger charge is -2.63. The molecule has 5 aliphatic carbocycles. The summed E-state index contributed by atoms with van der Waals surface area (Å²) in [5.41, 5.74) is -1.44. The van der Waals surface area contributed by atoms with E-state index in [4.69, 9.17) is 23.7 Å². The second-order valence-electron chi connectivity index (χ2n) is 20.2. The number of rotatable bonds is 8. The molecular formula is C42H66NO8. The Kier molecular flexibility index (Phi) is 8.99. The standard InChI is InChI=1S/C42H66NO8/c1-24(2)18-31(44)51-36(38(6,7)46)27-19-25(3)33-34(49-27)35(45)40(9)29-11-10-28-37(4,5)30(50-32-20-43(16-17-48-32)26-21-47-22-26)12-13-41(28)23-42(29,41)15-14-39(33,40)8/h24-26,28,30,32-33,35-36,45-46H,10-23H2,1-9H3/t25-,28+,30+,32+,33+,35+,36+,39-,40-,41-,42+/m1/s1. The van der Waals surface area contributed by atoms with Crippen LogP contribution < -0.4 is 0 Å². The smallest absolute Gasteiger partial charge is 0.306 e. The monoisotopic (exact) mass is 712 g/mol. The molecule has 0 aromatic carbocycles. The summed E-state index contributed by atoms with van der Waals surface area (Å²) >= 11 is 0. The second kappa shape index (κ2) is 12.3. The molecule has 9 heteroatoms. The predicted octanol–water partition coefficient (Wildman–Crippen LogP) is 6.26. The second-order valence-corrected chi connectivity index (χ2v) is 20.2. The number of ether oxygens (including phenoxy) is 5. The number of esters is 1. The van der Waals surface area contributed by atoms with Crippen LogP contribution in [0.2, 0.25) is 0 Å². The molecule has 0 amide bonds. The molecule has 3 saturated heterocycles. The molecule has 8 fully saturated rings. The Bertz CT molecular complexity index is 1340. The highest BCUT2D eigenvalue weighted by molar-refractivity contribution is 5.70. The van der Waals surface area contributed by atoms with Crippen molar-refractivity contribution >= 4 is 5.97 Å². The number of aliphatic hydroxyl groups is 2. The summed E-state index contributed by atoms with van der Waals surface area (Å²) in [6.45, 7) is 23.4. The van der Waals surface area contributed by atoms with Gasteiger partial charge in [0.25, 0.3) is 0 Å². The van der Waals surface area contributed by atoms with E-state index in [9.17, 15) is 15.0 Å². The first-order valence-corrected chi connectivity index (χ1v) is 20.3. The van der Waals surface area contributed by atoms with Crippen LogP contribution >= 0.6 is 0 Å². The Morgan fingerprint density at radius 3 is 2.51 bits per heavy atom. The van der Waals surface area contributed by atoms with Crippen molar-refractivity contribution in [2.45, 2.75) is 156 Å². The highest BCUT2D eigenvalue weighted by Crippen LogP contribution is 2.90. The van der Waals surface area contributed by atoms with E-state index >= 15 is 0 Å². The molecule has 2 N–H and O–H groups in total. The molecule has 0 aromatic rings. The first-order valence-electron chi connectivity index (χ1n) is 20.3. The van der Waals surface area contributed by atoms with E-state index in [2.05, 4.69) is 39.5 Å². The Balaban J connectivity index is 1.01. The highest BCUT2D eigenvalue weighted by atomic mass is 16.7. The quantitative estimate of drug-likeness (QED) is 0.282. The molecule has 3 radical (unpaired) electrons. The van der Waals surface area contributed by atoms with Gasteiger partial charge in [-0.3, -0.25) is 9.69 Å². The fraction of sp³-hybridized carbons (Fsp3) is 0.905. The van der Waals surface area contributed by atoms with Crippen molar-refractivity contribution in [3.8, 4) is 0 Å². The lowest BCUT2D eigenvalue weighted by atomic mass is 9.41. The average molecular weight is 713 g/mol. The van der Waals surface area contributed by atoms with Crippen LogP contribution in [0.1, 0.15) is 120 Å². The number of hydrogen-bond acceptors (Lipinski definition) is 9. The van der Waals surface area contributed by atoms with Crippen LogP contribution in [0.15, 0.2) is 0 Å². The minimum Gasteiger partial charge on any atom is -0.456 e. The Morgan fingerprint density at radius 2 is 1.84 bits per heavy atom. The van der Waals surface area contributed by atoms with E-state index in [-0.39, 0.29) is 64.2 Å². The van der Waals surface area contributed by atoms with Crippen LogP contribution in [0.25, 0.3) is 0 Å². The van der Waals surface area contributed by atoms with Crippen LogP contribution in [0.3, 0.4) is 0 Å². The summed E-state index contributed by atoms with van der Waals surface area (Å²) in [4.78, 5) is 15.4. The third-order valence-corrected chi connectivity index (χ3v) is 16.3. The zero-order valence-corrected chi connectivity index (χ0v) is 32.9. The fourth-order valence-electron chi connectivity index (χ4n) is 13.6.